The Morgan fingerprint density at radius 2 is 1.59 bits per heavy atom. The van der Waals surface area contributed by atoms with Crippen molar-refractivity contribution in [2.24, 2.45) is 0 Å². The Morgan fingerprint density at radius 1 is 0.909 bits per heavy atom. The minimum atomic E-state index is -0.598. The highest BCUT2D eigenvalue weighted by molar-refractivity contribution is 5.83. The molecule has 6 heteroatoms. The molecule has 0 bridgehead atoms. The first-order chi connectivity index (χ1) is 10.5. The van der Waals surface area contributed by atoms with Crippen LogP contribution < -0.4 is 5.73 Å². The van der Waals surface area contributed by atoms with Gasteiger partial charge in [0.15, 0.2) is 0 Å². The van der Waals surface area contributed by atoms with E-state index in [0.717, 1.165) is 16.8 Å². The Balaban J connectivity index is 0.000000160. The van der Waals surface area contributed by atoms with Gasteiger partial charge in [0.1, 0.15) is 11.5 Å². The quantitative estimate of drug-likeness (QED) is 0.276. The van der Waals surface area contributed by atoms with Crippen LogP contribution in [0.1, 0.15) is 0 Å². The summed E-state index contributed by atoms with van der Waals surface area (Å²) in [5, 5.41) is 30.4. The largest absolute Gasteiger partial charge is 0.508 e. The molecule has 3 rings (SSSR count). The van der Waals surface area contributed by atoms with Crippen molar-refractivity contribution in [2.45, 2.75) is 0 Å². The van der Waals surface area contributed by atoms with Crippen LogP contribution in [0, 0.1) is 10.1 Å². The van der Waals surface area contributed by atoms with Crippen molar-refractivity contribution in [1.29, 1.82) is 0 Å². The fourth-order valence-electron chi connectivity index (χ4n) is 1.82. The maximum atomic E-state index is 10.1. The number of phenolic OH excluding ortho intramolecular Hbond substituents is 2. The number of hydrogen-bond donors (Lipinski definition) is 3. The zero-order chi connectivity index (χ0) is 16.1. The van der Waals surface area contributed by atoms with Gasteiger partial charge >= 0.3 is 0 Å². The second kappa shape index (κ2) is 6.45. The van der Waals surface area contributed by atoms with Gasteiger partial charge in [0.2, 0.25) is 0 Å². The highest BCUT2D eigenvalue weighted by Crippen LogP contribution is 2.24. The van der Waals surface area contributed by atoms with Gasteiger partial charge in [-0.15, -0.1) is 0 Å². The van der Waals surface area contributed by atoms with Crippen molar-refractivity contribution in [2.75, 3.05) is 5.73 Å². The zero-order valence-corrected chi connectivity index (χ0v) is 11.5. The van der Waals surface area contributed by atoms with E-state index in [1.54, 1.807) is 12.1 Å². The molecule has 112 valence electrons. The molecule has 0 aliphatic heterocycles. The number of nitrogens with zero attached hydrogens (tertiary/aromatic N) is 1. The molecule has 0 aromatic heterocycles. The molecule has 6 nitrogen and oxygen atoms in total. The van der Waals surface area contributed by atoms with Crippen LogP contribution >= 0.6 is 0 Å². The molecule has 0 radical (unpaired) electrons. The Morgan fingerprint density at radius 3 is 2.23 bits per heavy atom. The highest BCUT2D eigenvalue weighted by atomic mass is 16.6. The second-order valence-corrected chi connectivity index (χ2v) is 4.53. The van der Waals surface area contributed by atoms with Crippen LogP contribution in [-0.4, -0.2) is 15.1 Å². The van der Waals surface area contributed by atoms with Gasteiger partial charge in [0, 0.05) is 6.07 Å². The van der Waals surface area contributed by atoms with Crippen LogP contribution in [0.25, 0.3) is 10.8 Å². The van der Waals surface area contributed by atoms with Gasteiger partial charge in [-0.25, -0.2) is 0 Å². The Hall–Kier alpha value is -3.28. The molecule has 0 atom stereocenters. The fraction of sp³-hybridized carbons (Fsp3) is 0. The molecule has 3 aromatic rings. The average molecular weight is 298 g/mol. The predicted octanol–water partition coefficient (Wildman–Crippen LogP) is 3.43. The molecular formula is C16H14N2O4. The third kappa shape index (κ3) is 3.63. The number of anilines is 1. The van der Waals surface area contributed by atoms with Gasteiger partial charge < -0.3 is 15.9 Å². The van der Waals surface area contributed by atoms with Gasteiger partial charge in [0.25, 0.3) is 5.69 Å². The van der Waals surface area contributed by atoms with Crippen LogP contribution in [0.15, 0.2) is 60.7 Å². The third-order valence-electron chi connectivity index (χ3n) is 2.96. The number of nitrogens with two attached hydrogens (primary N) is 1. The number of rotatable bonds is 1. The van der Waals surface area contributed by atoms with Crippen LogP contribution in [0.4, 0.5) is 11.4 Å². The monoisotopic (exact) mass is 298 g/mol. The number of nitrogen functional groups attached to an aromatic ring is 1. The van der Waals surface area contributed by atoms with E-state index in [0.29, 0.717) is 5.75 Å². The Kier molecular flexibility index (Phi) is 4.43. The minimum Gasteiger partial charge on any atom is -0.508 e. The SMILES string of the molecule is Nc1ccc([N+](=O)[O-])cc1O.Oc1ccc2ccccc2c1. The molecule has 0 aliphatic rings. The van der Waals surface area contributed by atoms with E-state index in [-0.39, 0.29) is 17.1 Å². The molecule has 0 saturated heterocycles. The molecule has 3 aromatic carbocycles. The van der Waals surface area contributed by atoms with Crippen molar-refractivity contribution in [1.82, 2.24) is 0 Å². The lowest BCUT2D eigenvalue weighted by Gasteiger charge is -1.96. The second-order valence-electron chi connectivity index (χ2n) is 4.53. The van der Waals surface area contributed by atoms with E-state index in [4.69, 9.17) is 15.9 Å². The lowest BCUT2D eigenvalue weighted by Crippen LogP contribution is -1.89. The predicted molar refractivity (Wildman–Crippen MR) is 84.8 cm³/mol. The van der Waals surface area contributed by atoms with E-state index in [1.807, 2.05) is 30.3 Å². The molecule has 0 amide bonds. The molecule has 4 N–H and O–H groups in total. The van der Waals surface area contributed by atoms with Crippen molar-refractivity contribution in [3.8, 4) is 11.5 Å². The number of benzene rings is 3. The smallest absolute Gasteiger partial charge is 0.273 e. The summed E-state index contributed by atoms with van der Waals surface area (Å²) in [5.74, 6) is 0.0582. The maximum Gasteiger partial charge on any atom is 0.273 e. The van der Waals surface area contributed by atoms with Crippen LogP contribution in [0.5, 0.6) is 11.5 Å². The van der Waals surface area contributed by atoms with Gasteiger partial charge in [-0.2, -0.15) is 0 Å². The van der Waals surface area contributed by atoms with E-state index in [1.165, 1.54) is 12.1 Å². The summed E-state index contributed by atoms with van der Waals surface area (Å²) in [4.78, 5) is 9.52. The molecule has 0 saturated carbocycles. The summed E-state index contributed by atoms with van der Waals surface area (Å²) >= 11 is 0. The number of non-ortho nitro benzene ring substituents is 1. The van der Waals surface area contributed by atoms with Crippen LogP contribution in [-0.2, 0) is 0 Å². The number of aromatic hydroxyl groups is 2. The van der Waals surface area contributed by atoms with Crippen molar-refractivity contribution in [3.05, 3.63) is 70.8 Å². The Bertz CT molecular complexity index is 818. The average Bonchev–Trinajstić information content (AvgIpc) is 2.50. The summed E-state index contributed by atoms with van der Waals surface area (Å²) in [6.45, 7) is 0. The zero-order valence-electron chi connectivity index (χ0n) is 11.5. The number of phenols is 2. The Labute approximate surface area is 126 Å². The molecule has 22 heavy (non-hydrogen) atoms. The van der Waals surface area contributed by atoms with E-state index in [2.05, 4.69) is 0 Å². The summed E-state index contributed by atoms with van der Waals surface area (Å²) < 4.78 is 0. The number of nitro benzene ring substituents is 1. The first-order valence-electron chi connectivity index (χ1n) is 6.38. The molecule has 0 aliphatic carbocycles. The van der Waals surface area contributed by atoms with Gasteiger partial charge in [-0.3, -0.25) is 10.1 Å². The molecule has 0 heterocycles. The lowest BCUT2D eigenvalue weighted by molar-refractivity contribution is -0.384. The number of nitro groups is 1. The summed E-state index contributed by atoms with van der Waals surface area (Å²) in [7, 11) is 0. The van der Waals surface area contributed by atoms with E-state index < -0.39 is 4.92 Å². The standard InChI is InChI=1S/C10H8O.C6H6N2O3/c11-10-6-5-8-3-1-2-4-9(8)7-10;7-5-2-1-4(8(10)11)3-6(5)9/h1-7,11H;1-3,9H,7H2. The molecule has 0 fully saturated rings. The van der Waals surface area contributed by atoms with Crippen molar-refractivity contribution < 1.29 is 15.1 Å². The minimum absolute atomic E-state index is 0.135. The summed E-state index contributed by atoms with van der Waals surface area (Å²) in [5.41, 5.74) is 5.18. The van der Waals surface area contributed by atoms with Gasteiger partial charge in [-0.05, 0) is 29.0 Å². The van der Waals surface area contributed by atoms with Crippen molar-refractivity contribution in [3.63, 3.8) is 0 Å². The highest BCUT2D eigenvalue weighted by Gasteiger charge is 2.06. The molecule has 0 unspecified atom stereocenters. The summed E-state index contributed by atoms with van der Waals surface area (Å²) in [6, 6.07) is 16.8. The fourth-order valence-corrected chi connectivity index (χ4v) is 1.82. The van der Waals surface area contributed by atoms with Crippen LogP contribution in [0.3, 0.4) is 0 Å². The first-order valence-corrected chi connectivity index (χ1v) is 6.38. The first kappa shape index (κ1) is 15.1. The van der Waals surface area contributed by atoms with Gasteiger partial charge in [0.05, 0.1) is 16.7 Å². The number of hydrogen-bond acceptors (Lipinski definition) is 5. The van der Waals surface area contributed by atoms with E-state index in [9.17, 15) is 10.1 Å². The van der Waals surface area contributed by atoms with E-state index >= 15 is 0 Å². The lowest BCUT2D eigenvalue weighted by atomic mass is 10.1. The number of fused-ring (bicyclic) bond motifs is 1. The third-order valence-corrected chi connectivity index (χ3v) is 2.96. The normalized spacial score (nSPS) is 9.82. The van der Waals surface area contributed by atoms with Gasteiger partial charge in [-0.1, -0.05) is 30.3 Å². The van der Waals surface area contributed by atoms with Crippen LogP contribution in [0.2, 0.25) is 0 Å². The molecular weight excluding hydrogens is 284 g/mol. The van der Waals surface area contributed by atoms with Crippen molar-refractivity contribution >= 4 is 22.1 Å². The topological polar surface area (TPSA) is 110 Å². The summed E-state index contributed by atoms with van der Waals surface area (Å²) in [6.07, 6.45) is 0. The maximum absolute atomic E-state index is 10.1. The molecule has 0 spiro atoms.